The molecule has 3 N–H and O–H groups in total. The predicted octanol–water partition coefficient (Wildman–Crippen LogP) is 3.13. The van der Waals surface area contributed by atoms with Crippen LogP contribution in [0.1, 0.15) is 44.0 Å². The van der Waals surface area contributed by atoms with E-state index < -0.39 is 24.4 Å². The molecule has 0 saturated heterocycles. The van der Waals surface area contributed by atoms with Gasteiger partial charge >= 0.3 is 5.97 Å². The van der Waals surface area contributed by atoms with Crippen molar-refractivity contribution in [1.29, 1.82) is 0 Å². The van der Waals surface area contributed by atoms with Crippen LogP contribution in [0.3, 0.4) is 0 Å². The lowest BCUT2D eigenvalue weighted by Gasteiger charge is -2.11. The minimum atomic E-state index is -0.564. The van der Waals surface area contributed by atoms with Crippen molar-refractivity contribution in [2.24, 2.45) is 5.73 Å². The number of rotatable bonds is 5. The maximum absolute atomic E-state index is 12.2. The summed E-state index contributed by atoms with van der Waals surface area (Å²) in [6.07, 6.45) is 3.75. The number of anilines is 1. The molecule has 26 heavy (non-hydrogen) atoms. The maximum atomic E-state index is 12.2. The number of carbonyl (C=O) groups is 3. The van der Waals surface area contributed by atoms with Crippen molar-refractivity contribution in [1.82, 2.24) is 0 Å². The molecular formula is C18H17IN2O4S. The first-order valence-corrected chi connectivity index (χ1v) is 10.0. The molecule has 2 aromatic rings. The van der Waals surface area contributed by atoms with Gasteiger partial charge in [0.05, 0.1) is 11.1 Å². The van der Waals surface area contributed by atoms with E-state index in [9.17, 15) is 14.4 Å². The lowest BCUT2D eigenvalue weighted by molar-refractivity contribution is -0.119. The summed E-state index contributed by atoms with van der Waals surface area (Å²) in [4.78, 5) is 37.2. The van der Waals surface area contributed by atoms with E-state index in [1.807, 2.05) is 28.7 Å². The molecule has 6 nitrogen and oxygen atoms in total. The van der Waals surface area contributed by atoms with E-state index in [0.717, 1.165) is 39.7 Å². The number of primary amides is 1. The van der Waals surface area contributed by atoms with Gasteiger partial charge in [-0.3, -0.25) is 9.59 Å². The average molecular weight is 484 g/mol. The highest BCUT2D eigenvalue weighted by molar-refractivity contribution is 14.1. The molecule has 8 heteroatoms. The van der Waals surface area contributed by atoms with Crippen LogP contribution in [0.2, 0.25) is 0 Å². The number of hydrogen-bond donors (Lipinski definition) is 2. The summed E-state index contributed by atoms with van der Waals surface area (Å²) in [5.41, 5.74) is 7.25. The van der Waals surface area contributed by atoms with E-state index in [1.54, 1.807) is 18.2 Å². The van der Waals surface area contributed by atoms with E-state index in [2.05, 4.69) is 5.32 Å². The van der Waals surface area contributed by atoms with Gasteiger partial charge in [-0.1, -0.05) is 12.1 Å². The van der Waals surface area contributed by atoms with Gasteiger partial charge in [0.1, 0.15) is 5.00 Å². The van der Waals surface area contributed by atoms with E-state index in [1.165, 1.54) is 11.3 Å². The van der Waals surface area contributed by atoms with Crippen LogP contribution in [-0.4, -0.2) is 24.4 Å². The van der Waals surface area contributed by atoms with Gasteiger partial charge in [0, 0.05) is 8.45 Å². The van der Waals surface area contributed by atoms with Gasteiger partial charge < -0.3 is 15.8 Å². The van der Waals surface area contributed by atoms with Gasteiger partial charge in [-0.15, -0.1) is 11.3 Å². The van der Waals surface area contributed by atoms with Crippen molar-refractivity contribution < 1.29 is 19.1 Å². The Bertz CT molecular complexity index is 878. The van der Waals surface area contributed by atoms with Crippen LogP contribution in [0.4, 0.5) is 5.00 Å². The van der Waals surface area contributed by atoms with E-state index in [4.69, 9.17) is 10.5 Å². The topological polar surface area (TPSA) is 98.5 Å². The molecule has 1 aromatic heterocycles. The first kappa shape index (κ1) is 18.8. The molecule has 0 radical (unpaired) electrons. The Balaban J connectivity index is 1.67. The summed E-state index contributed by atoms with van der Waals surface area (Å²) in [7, 11) is 0. The second kappa shape index (κ2) is 8.17. The number of hydrogen-bond acceptors (Lipinski definition) is 5. The number of thiophene rings is 1. The molecule has 0 fully saturated rings. The highest BCUT2D eigenvalue weighted by Crippen LogP contribution is 2.37. The Labute approximate surface area is 168 Å². The predicted molar refractivity (Wildman–Crippen MR) is 108 cm³/mol. The second-order valence-corrected chi connectivity index (χ2v) is 8.15. The molecule has 2 amide bonds. The summed E-state index contributed by atoms with van der Waals surface area (Å²) in [6, 6.07) is 6.97. The molecule has 0 unspecified atom stereocenters. The molecule has 0 atom stereocenters. The van der Waals surface area contributed by atoms with E-state index >= 15 is 0 Å². The van der Waals surface area contributed by atoms with Gasteiger partial charge in [0.2, 0.25) is 0 Å². The Kier molecular flexibility index (Phi) is 5.92. The summed E-state index contributed by atoms with van der Waals surface area (Å²) >= 11 is 3.41. The van der Waals surface area contributed by atoms with Crippen LogP contribution in [0, 0.1) is 3.57 Å². The summed E-state index contributed by atoms with van der Waals surface area (Å²) in [5, 5.41) is 3.11. The largest absolute Gasteiger partial charge is 0.452 e. The van der Waals surface area contributed by atoms with Gasteiger partial charge in [0.25, 0.3) is 11.8 Å². The summed E-state index contributed by atoms with van der Waals surface area (Å²) < 4.78 is 5.83. The van der Waals surface area contributed by atoms with Gasteiger partial charge in [-0.05, 0) is 66.0 Å². The highest BCUT2D eigenvalue weighted by atomic mass is 127. The van der Waals surface area contributed by atoms with Gasteiger partial charge in [-0.25, -0.2) is 4.79 Å². The average Bonchev–Trinajstić information content (AvgIpc) is 2.98. The Morgan fingerprint density at radius 2 is 1.92 bits per heavy atom. The molecule has 0 aliphatic heterocycles. The van der Waals surface area contributed by atoms with E-state index in [0.29, 0.717) is 16.1 Å². The van der Waals surface area contributed by atoms with Crippen molar-refractivity contribution in [3.8, 4) is 0 Å². The minimum Gasteiger partial charge on any atom is -0.452 e. The first-order valence-electron chi connectivity index (χ1n) is 8.13. The number of carbonyl (C=O) groups excluding carboxylic acids is 3. The normalized spacial score (nSPS) is 13.0. The second-order valence-electron chi connectivity index (χ2n) is 5.88. The molecule has 1 aliphatic carbocycles. The molecule has 0 saturated carbocycles. The van der Waals surface area contributed by atoms with Crippen LogP contribution < -0.4 is 11.1 Å². The van der Waals surface area contributed by atoms with Crippen LogP contribution in [-0.2, 0) is 22.4 Å². The number of fused-ring (bicyclic) bond motifs is 1. The molecule has 1 aromatic carbocycles. The monoisotopic (exact) mass is 484 g/mol. The van der Waals surface area contributed by atoms with Crippen molar-refractivity contribution in [3.05, 3.63) is 49.4 Å². The lowest BCUT2D eigenvalue weighted by Crippen LogP contribution is -2.23. The Hall–Kier alpha value is -1.94. The van der Waals surface area contributed by atoms with Crippen molar-refractivity contribution >= 4 is 56.7 Å². The lowest BCUT2D eigenvalue weighted by atomic mass is 9.95. The number of halogens is 1. The van der Waals surface area contributed by atoms with E-state index in [-0.39, 0.29) is 0 Å². The fourth-order valence-corrected chi connectivity index (χ4v) is 4.83. The molecular weight excluding hydrogens is 467 g/mol. The van der Waals surface area contributed by atoms with Crippen LogP contribution in [0.15, 0.2) is 24.3 Å². The molecule has 1 heterocycles. The van der Waals surface area contributed by atoms with Crippen LogP contribution in [0.25, 0.3) is 0 Å². The zero-order valence-electron chi connectivity index (χ0n) is 13.8. The molecule has 0 spiro atoms. The SMILES string of the molecule is NC(=O)c1c(NC(=O)COC(=O)c2ccccc2I)sc2c1CCCC2. The third-order valence-electron chi connectivity index (χ3n) is 4.10. The third kappa shape index (κ3) is 4.07. The van der Waals surface area contributed by atoms with Crippen LogP contribution >= 0.6 is 33.9 Å². The Morgan fingerprint density at radius 3 is 2.65 bits per heavy atom. The Morgan fingerprint density at radius 1 is 1.19 bits per heavy atom. The molecule has 0 bridgehead atoms. The van der Waals surface area contributed by atoms with Crippen molar-refractivity contribution in [2.45, 2.75) is 25.7 Å². The zero-order valence-corrected chi connectivity index (χ0v) is 16.8. The number of ether oxygens (including phenoxy) is 1. The number of amides is 2. The maximum Gasteiger partial charge on any atom is 0.339 e. The minimum absolute atomic E-state index is 0.391. The molecule has 1 aliphatic rings. The fourth-order valence-electron chi connectivity index (χ4n) is 2.91. The summed E-state index contributed by atoms with van der Waals surface area (Å²) in [5.74, 6) is -1.60. The smallest absolute Gasteiger partial charge is 0.339 e. The van der Waals surface area contributed by atoms with Gasteiger partial charge in [0.15, 0.2) is 6.61 Å². The van der Waals surface area contributed by atoms with Crippen molar-refractivity contribution in [2.75, 3.05) is 11.9 Å². The fraction of sp³-hybridized carbons (Fsp3) is 0.278. The molecule has 136 valence electrons. The van der Waals surface area contributed by atoms with Crippen LogP contribution in [0.5, 0.6) is 0 Å². The molecule has 3 rings (SSSR count). The van der Waals surface area contributed by atoms with Gasteiger partial charge in [-0.2, -0.15) is 0 Å². The standard InChI is InChI=1S/C18H17IN2O4S/c19-12-7-3-1-5-10(12)18(24)25-9-14(22)21-17-15(16(20)23)11-6-2-4-8-13(11)26-17/h1,3,5,7H,2,4,6,8-9H2,(H2,20,23)(H,21,22). The zero-order chi connectivity index (χ0) is 18.7. The summed E-state index contributed by atoms with van der Waals surface area (Å²) in [6.45, 7) is -0.426. The number of esters is 1. The van der Waals surface area contributed by atoms with Crippen molar-refractivity contribution in [3.63, 3.8) is 0 Å². The number of benzene rings is 1. The highest BCUT2D eigenvalue weighted by Gasteiger charge is 2.25. The number of nitrogens with one attached hydrogen (secondary N) is 1. The third-order valence-corrected chi connectivity index (χ3v) is 6.25. The quantitative estimate of drug-likeness (QED) is 0.504. The first-order chi connectivity index (χ1) is 12.5. The number of aryl methyl sites for hydroxylation is 1. The number of nitrogens with two attached hydrogens (primary N) is 1.